The molecule has 0 saturated carbocycles. The number of benzene rings is 2. The normalized spacial score (nSPS) is 20.3. The highest BCUT2D eigenvalue weighted by Gasteiger charge is 2.46. The van der Waals surface area contributed by atoms with Crippen LogP contribution in [0.15, 0.2) is 67.0 Å². The van der Waals surface area contributed by atoms with Gasteiger partial charge in [-0.25, -0.2) is 9.97 Å². The Morgan fingerprint density at radius 2 is 1.88 bits per heavy atom. The van der Waals surface area contributed by atoms with Gasteiger partial charge in [-0.3, -0.25) is 9.59 Å². The van der Waals surface area contributed by atoms with Gasteiger partial charge in [0.15, 0.2) is 0 Å². The predicted octanol–water partition coefficient (Wildman–Crippen LogP) is 3.57. The van der Waals surface area contributed by atoms with E-state index < -0.39 is 5.60 Å². The number of halogens is 1. The standard InChI is InChI=1S/C24H21ClN4O4/c25-18-5-2-6-19(13-18)29-16-24(32-14-21(29)30)8-11-28(15-24)22(31)17-4-1-7-20(12-17)33-23-26-9-3-10-27-23/h1-7,9-10,12-13H,8,11,14-16H2/t24-/m0/s1. The van der Waals surface area contributed by atoms with E-state index in [1.165, 1.54) is 0 Å². The first-order chi connectivity index (χ1) is 16.0. The number of rotatable bonds is 4. The Morgan fingerprint density at radius 1 is 1.06 bits per heavy atom. The number of anilines is 1. The Morgan fingerprint density at radius 3 is 2.70 bits per heavy atom. The molecule has 2 fully saturated rings. The minimum atomic E-state index is -0.613. The number of ether oxygens (including phenoxy) is 2. The van der Waals surface area contributed by atoms with E-state index in [2.05, 4.69) is 9.97 Å². The van der Waals surface area contributed by atoms with E-state index in [4.69, 9.17) is 21.1 Å². The Balaban J connectivity index is 1.30. The van der Waals surface area contributed by atoms with Crippen molar-refractivity contribution in [3.05, 3.63) is 77.6 Å². The van der Waals surface area contributed by atoms with Crippen LogP contribution in [-0.2, 0) is 9.53 Å². The summed E-state index contributed by atoms with van der Waals surface area (Å²) < 4.78 is 11.6. The summed E-state index contributed by atoms with van der Waals surface area (Å²) in [6.45, 7) is 1.26. The van der Waals surface area contributed by atoms with Gasteiger partial charge < -0.3 is 19.3 Å². The van der Waals surface area contributed by atoms with Crippen LogP contribution in [0.5, 0.6) is 11.8 Å². The number of hydrogen-bond acceptors (Lipinski definition) is 6. The molecule has 1 atom stereocenters. The number of likely N-dealkylation sites (tertiary alicyclic amines) is 1. The van der Waals surface area contributed by atoms with Gasteiger partial charge in [-0.15, -0.1) is 0 Å². The van der Waals surface area contributed by atoms with Crippen LogP contribution in [0.1, 0.15) is 16.8 Å². The number of amides is 2. The molecule has 2 aromatic carbocycles. The van der Waals surface area contributed by atoms with Crippen molar-refractivity contribution in [2.75, 3.05) is 31.1 Å². The molecule has 33 heavy (non-hydrogen) atoms. The summed E-state index contributed by atoms with van der Waals surface area (Å²) in [7, 11) is 0. The summed E-state index contributed by atoms with van der Waals surface area (Å²) in [4.78, 5) is 37.3. The number of morpholine rings is 1. The maximum Gasteiger partial charge on any atom is 0.321 e. The van der Waals surface area contributed by atoms with Crippen molar-refractivity contribution in [1.29, 1.82) is 0 Å². The minimum absolute atomic E-state index is 0.0328. The Labute approximate surface area is 195 Å². The highest BCUT2D eigenvalue weighted by atomic mass is 35.5. The van der Waals surface area contributed by atoms with Gasteiger partial charge in [0.2, 0.25) is 0 Å². The smallest absolute Gasteiger partial charge is 0.321 e. The largest absolute Gasteiger partial charge is 0.424 e. The molecule has 0 unspecified atom stereocenters. The topological polar surface area (TPSA) is 84.9 Å². The second-order valence-corrected chi connectivity index (χ2v) is 8.51. The molecular weight excluding hydrogens is 444 g/mol. The van der Waals surface area contributed by atoms with E-state index in [0.717, 1.165) is 5.69 Å². The molecule has 2 saturated heterocycles. The van der Waals surface area contributed by atoms with Crippen molar-refractivity contribution < 1.29 is 19.1 Å². The molecule has 0 radical (unpaired) electrons. The van der Waals surface area contributed by atoms with E-state index in [1.807, 2.05) is 12.1 Å². The molecule has 1 spiro atoms. The molecule has 0 bridgehead atoms. The van der Waals surface area contributed by atoms with E-state index >= 15 is 0 Å². The van der Waals surface area contributed by atoms with Crippen LogP contribution in [0.4, 0.5) is 5.69 Å². The maximum absolute atomic E-state index is 13.2. The van der Waals surface area contributed by atoms with Crippen LogP contribution in [0.25, 0.3) is 0 Å². The van der Waals surface area contributed by atoms with Crippen molar-refractivity contribution in [2.24, 2.45) is 0 Å². The molecule has 8 nitrogen and oxygen atoms in total. The molecule has 3 aromatic rings. The first-order valence-electron chi connectivity index (χ1n) is 10.6. The molecule has 9 heteroatoms. The van der Waals surface area contributed by atoms with E-state index in [9.17, 15) is 9.59 Å². The van der Waals surface area contributed by atoms with Gasteiger partial charge in [0, 0.05) is 35.2 Å². The second-order valence-electron chi connectivity index (χ2n) is 8.07. The Kier molecular flexibility index (Phi) is 5.70. The average Bonchev–Trinajstić information content (AvgIpc) is 3.25. The summed E-state index contributed by atoms with van der Waals surface area (Å²) in [6.07, 6.45) is 3.81. The molecule has 0 N–H and O–H groups in total. The minimum Gasteiger partial charge on any atom is -0.424 e. The van der Waals surface area contributed by atoms with Crippen molar-refractivity contribution in [1.82, 2.24) is 14.9 Å². The number of nitrogens with zero attached hydrogens (tertiary/aromatic N) is 4. The van der Waals surface area contributed by atoms with Crippen LogP contribution in [-0.4, -0.2) is 58.5 Å². The SMILES string of the molecule is O=C(c1cccc(Oc2ncccn2)c1)N1CC[C@]2(C1)CN(c1cccc(Cl)c1)C(=O)CO2. The first kappa shape index (κ1) is 21.4. The molecular formula is C24H21ClN4O4. The molecule has 0 aliphatic carbocycles. The zero-order valence-electron chi connectivity index (χ0n) is 17.7. The quantitative estimate of drug-likeness (QED) is 0.587. The monoisotopic (exact) mass is 464 g/mol. The van der Waals surface area contributed by atoms with Gasteiger partial charge in [0.1, 0.15) is 18.0 Å². The number of hydrogen-bond donors (Lipinski definition) is 0. The van der Waals surface area contributed by atoms with Crippen molar-refractivity contribution >= 4 is 29.1 Å². The molecule has 5 rings (SSSR count). The summed E-state index contributed by atoms with van der Waals surface area (Å²) >= 11 is 6.12. The maximum atomic E-state index is 13.2. The Hall–Kier alpha value is -3.49. The highest BCUT2D eigenvalue weighted by Crippen LogP contribution is 2.33. The Bertz CT molecular complexity index is 1190. The fourth-order valence-electron chi connectivity index (χ4n) is 4.18. The third-order valence-corrected chi connectivity index (χ3v) is 6.04. The summed E-state index contributed by atoms with van der Waals surface area (Å²) in [6, 6.07) is 16.0. The lowest BCUT2D eigenvalue weighted by molar-refractivity contribution is -0.137. The third-order valence-electron chi connectivity index (χ3n) is 5.80. The van der Waals surface area contributed by atoms with Gasteiger partial charge in [0.25, 0.3) is 11.8 Å². The van der Waals surface area contributed by atoms with Crippen molar-refractivity contribution in [3.8, 4) is 11.8 Å². The lowest BCUT2D eigenvalue weighted by Gasteiger charge is -2.40. The van der Waals surface area contributed by atoms with Gasteiger partial charge >= 0.3 is 6.01 Å². The highest BCUT2D eigenvalue weighted by molar-refractivity contribution is 6.30. The molecule has 1 aromatic heterocycles. The zero-order chi connectivity index (χ0) is 22.8. The third kappa shape index (κ3) is 4.53. The van der Waals surface area contributed by atoms with Crippen LogP contribution >= 0.6 is 11.6 Å². The van der Waals surface area contributed by atoms with Gasteiger partial charge in [-0.2, -0.15) is 0 Å². The van der Waals surface area contributed by atoms with Gasteiger partial charge in [-0.1, -0.05) is 23.7 Å². The summed E-state index contributed by atoms with van der Waals surface area (Å²) in [5, 5.41) is 0.562. The number of aromatic nitrogens is 2. The average molecular weight is 465 g/mol. The summed E-state index contributed by atoms with van der Waals surface area (Å²) in [5.74, 6) is 0.231. The molecule has 2 aliphatic rings. The molecule has 3 heterocycles. The van der Waals surface area contributed by atoms with Crippen LogP contribution in [0, 0.1) is 0 Å². The molecule has 168 valence electrons. The molecule has 2 aliphatic heterocycles. The first-order valence-corrected chi connectivity index (χ1v) is 10.9. The lowest BCUT2D eigenvalue weighted by Crippen LogP contribution is -2.56. The second kappa shape index (κ2) is 8.80. The fraction of sp³-hybridized carbons (Fsp3) is 0.250. The summed E-state index contributed by atoms with van der Waals surface area (Å²) in [5.41, 5.74) is 0.615. The van der Waals surface area contributed by atoms with Gasteiger partial charge in [-0.05, 0) is 48.9 Å². The van der Waals surface area contributed by atoms with E-state index in [-0.39, 0.29) is 24.4 Å². The van der Waals surface area contributed by atoms with Crippen LogP contribution in [0.3, 0.4) is 0 Å². The zero-order valence-corrected chi connectivity index (χ0v) is 18.4. The number of carbonyl (C=O) groups excluding carboxylic acids is 2. The van der Waals surface area contributed by atoms with Crippen molar-refractivity contribution in [2.45, 2.75) is 12.0 Å². The number of carbonyl (C=O) groups is 2. The lowest BCUT2D eigenvalue weighted by atomic mass is 10.00. The van der Waals surface area contributed by atoms with Crippen LogP contribution < -0.4 is 9.64 Å². The van der Waals surface area contributed by atoms with Crippen molar-refractivity contribution in [3.63, 3.8) is 0 Å². The van der Waals surface area contributed by atoms with E-state index in [1.54, 1.807) is 64.7 Å². The van der Waals surface area contributed by atoms with E-state index in [0.29, 0.717) is 42.4 Å². The fourth-order valence-corrected chi connectivity index (χ4v) is 4.36. The van der Waals surface area contributed by atoms with Crippen LogP contribution in [0.2, 0.25) is 5.02 Å². The predicted molar refractivity (Wildman–Crippen MR) is 122 cm³/mol. The van der Waals surface area contributed by atoms with Gasteiger partial charge in [0.05, 0.1) is 13.1 Å². The molecule has 2 amide bonds.